The lowest BCUT2D eigenvalue weighted by atomic mass is 10.0. The third kappa shape index (κ3) is 4.37. The minimum atomic E-state index is -0.691. The molecule has 0 radical (unpaired) electrons. The van der Waals surface area contributed by atoms with Crippen LogP contribution in [-0.2, 0) is 4.74 Å². The zero-order valence-electron chi connectivity index (χ0n) is 12.9. The smallest absolute Gasteiger partial charge is 0.123 e. The lowest BCUT2D eigenvalue weighted by Crippen LogP contribution is -2.29. The molecule has 0 aliphatic rings. The van der Waals surface area contributed by atoms with E-state index in [4.69, 9.17) is 4.74 Å². The van der Waals surface area contributed by atoms with Crippen molar-refractivity contribution in [3.8, 4) is 0 Å². The molecule has 2 rings (SSSR count). The maximum atomic E-state index is 13.1. The Bertz CT molecular complexity index is 589. The highest BCUT2D eigenvalue weighted by molar-refractivity contribution is 5.29. The Morgan fingerprint density at radius 3 is 2.55 bits per heavy atom. The van der Waals surface area contributed by atoms with E-state index in [0.717, 1.165) is 16.7 Å². The minimum absolute atomic E-state index is 0.00149. The number of nitrogens with one attached hydrogen (secondary N) is 1. The van der Waals surface area contributed by atoms with Crippen LogP contribution in [0.3, 0.4) is 0 Å². The van der Waals surface area contributed by atoms with Crippen LogP contribution in [0.15, 0.2) is 48.5 Å². The SMILES string of the molecule is COCC(NCC(O)c1ccc(F)cc1C)c1ccccc1. The average molecular weight is 303 g/mol. The first-order valence-corrected chi connectivity index (χ1v) is 7.33. The van der Waals surface area contributed by atoms with Crippen LogP contribution < -0.4 is 5.32 Å². The first kappa shape index (κ1) is 16.6. The Morgan fingerprint density at radius 1 is 1.18 bits per heavy atom. The fraction of sp³-hybridized carbons (Fsp3) is 0.333. The van der Waals surface area contributed by atoms with Gasteiger partial charge >= 0.3 is 0 Å². The van der Waals surface area contributed by atoms with Crippen LogP contribution >= 0.6 is 0 Å². The molecular weight excluding hydrogens is 281 g/mol. The van der Waals surface area contributed by atoms with Gasteiger partial charge in [-0.3, -0.25) is 0 Å². The van der Waals surface area contributed by atoms with Crippen molar-refractivity contribution in [2.24, 2.45) is 0 Å². The molecule has 0 spiro atoms. The fourth-order valence-corrected chi connectivity index (χ4v) is 2.50. The van der Waals surface area contributed by atoms with Crippen molar-refractivity contribution in [2.75, 3.05) is 20.3 Å². The van der Waals surface area contributed by atoms with E-state index in [1.165, 1.54) is 12.1 Å². The molecule has 0 saturated heterocycles. The molecule has 22 heavy (non-hydrogen) atoms. The second kappa shape index (κ2) is 8.03. The van der Waals surface area contributed by atoms with Crippen molar-refractivity contribution in [1.82, 2.24) is 5.32 Å². The van der Waals surface area contributed by atoms with E-state index >= 15 is 0 Å². The Labute approximate surface area is 130 Å². The maximum Gasteiger partial charge on any atom is 0.123 e. The Kier molecular flexibility index (Phi) is 6.07. The summed E-state index contributed by atoms with van der Waals surface area (Å²) >= 11 is 0. The lowest BCUT2D eigenvalue weighted by molar-refractivity contribution is 0.139. The van der Waals surface area contributed by atoms with E-state index in [2.05, 4.69) is 5.32 Å². The molecule has 118 valence electrons. The number of methoxy groups -OCH3 is 1. The Morgan fingerprint density at radius 2 is 1.91 bits per heavy atom. The molecule has 4 heteroatoms. The fourth-order valence-electron chi connectivity index (χ4n) is 2.50. The summed E-state index contributed by atoms with van der Waals surface area (Å²) in [5.41, 5.74) is 2.59. The summed E-state index contributed by atoms with van der Waals surface area (Å²) < 4.78 is 18.4. The van der Waals surface area contributed by atoms with Gasteiger partial charge in [-0.05, 0) is 35.7 Å². The molecular formula is C18H22FNO2. The molecule has 2 N–H and O–H groups in total. The van der Waals surface area contributed by atoms with E-state index in [0.29, 0.717) is 13.2 Å². The first-order chi connectivity index (χ1) is 10.6. The molecule has 2 aromatic carbocycles. The van der Waals surface area contributed by atoms with E-state index < -0.39 is 6.10 Å². The van der Waals surface area contributed by atoms with Crippen LogP contribution in [0.1, 0.15) is 28.8 Å². The second-order valence-corrected chi connectivity index (χ2v) is 5.34. The highest BCUT2D eigenvalue weighted by atomic mass is 19.1. The normalized spacial score (nSPS) is 13.8. The zero-order chi connectivity index (χ0) is 15.9. The quantitative estimate of drug-likeness (QED) is 0.825. The average Bonchev–Trinajstić information content (AvgIpc) is 2.52. The Hall–Kier alpha value is -1.75. The van der Waals surface area contributed by atoms with Gasteiger partial charge in [0.1, 0.15) is 5.82 Å². The zero-order valence-corrected chi connectivity index (χ0v) is 12.9. The number of ether oxygens (including phenoxy) is 1. The molecule has 2 aromatic rings. The summed E-state index contributed by atoms with van der Waals surface area (Å²) in [6, 6.07) is 14.4. The molecule has 0 aliphatic heterocycles. The number of aliphatic hydroxyl groups is 1. The van der Waals surface area contributed by atoms with Crippen molar-refractivity contribution in [2.45, 2.75) is 19.1 Å². The van der Waals surface area contributed by atoms with E-state index in [9.17, 15) is 9.50 Å². The van der Waals surface area contributed by atoms with E-state index in [1.54, 1.807) is 20.1 Å². The van der Waals surface area contributed by atoms with Crippen LogP contribution in [-0.4, -0.2) is 25.4 Å². The van der Waals surface area contributed by atoms with Crippen molar-refractivity contribution in [1.29, 1.82) is 0 Å². The first-order valence-electron chi connectivity index (χ1n) is 7.33. The molecule has 0 aliphatic carbocycles. The summed E-state index contributed by atoms with van der Waals surface area (Å²) in [5.74, 6) is -0.289. The van der Waals surface area contributed by atoms with Crippen molar-refractivity contribution in [3.05, 3.63) is 71.0 Å². The predicted molar refractivity (Wildman–Crippen MR) is 85.2 cm³/mol. The van der Waals surface area contributed by atoms with Crippen LogP contribution in [0, 0.1) is 12.7 Å². The Balaban J connectivity index is 2.02. The van der Waals surface area contributed by atoms with Gasteiger partial charge in [0.15, 0.2) is 0 Å². The molecule has 0 saturated carbocycles. The summed E-state index contributed by atoms with van der Waals surface area (Å²) in [4.78, 5) is 0. The predicted octanol–water partition coefficient (Wildman–Crippen LogP) is 3.14. The topological polar surface area (TPSA) is 41.5 Å². The summed E-state index contributed by atoms with van der Waals surface area (Å²) in [5, 5.41) is 13.6. The van der Waals surface area contributed by atoms with Crippen LogP contribution in [0.25, 0.3) is 0 Å². The van der Waals surface area contributed by atoms with Crippen LogP contribution in [0.5, 0.6) is 0 Å². The van der Waals surface area contributed by atoms with E-state index in [1.807, 2.05) is 30.3 Å². The maximum absolute atomic E-state index is 13.1. The highest BCUT2D eigenvalue weighted by Crippen LogP contribution is 2.20. The lowest BCUT2D eigenvalue weighted by Gasteiger charge is -2.21. The van der Waals surface area contributed by atoms with Gasteiger partial charge in [0.2, 0.25) is 0 Å². The molecule has 0 amide bonds. The van der Waals surface area contributed by atoms with Gasteiger partial charge in [0, 0.05) is 13.7 Å². The number of benzene rings is 2. The molecule has 3 nitrogen and oxygen atoms in total. The van der Waals surface area contributed by atoms with Gasteiger partial charge in [-0.1, -0.05) is 36.4 Å². The molecule has 2 atom stereocenters. The summed E-state index contributed by atoms with van der Waals surface area (Å²) in [6.07, 6.45) is -0.691. The molecule has 0 heterocycles. The van der Waals surface area contributed by atoms with Crippen LogP contribution in [0.4, 0.5) is 4.39 Å². The van der Waals surface area contributed by atoms with Crippen LogP contribution in [0.2, 0.25) is 0 Å². The number of rotatable bonds is 7. The minimum Gasteiger partial charge on any atom is -0.387 e. The van der Waals surface area contributed by atoms with Gasteiger partial charge < -0.3 is 15.2 Å². The summed E-state index contributed by atoms with van der Waals surface area (Å²) in [6.45, 7) is 2.68. The number of hydrogen-bond donors (Lipinski definition) is 2. The van der Waals surface area contributed by atoms with Crippen molar-refractivity contribution in [3.63, 3.8) is 0 Å². The number of hydrogen-bond acceptors (Lipinski definition) is 3. The third-order valence-corrected chi connectivity index (χ3v) is 3.68. The second-order valence-electron chi connectivity index (χ2n) is 5.34. The van der Waals surface area contributed by atoms with Gasteiger partial charge in [0.05, 0.1) is 18.8 Å². The molecule has 2 unspecified atom stereocenters. The van der Waals surface area contributed by atoms with Gasteiger partial charge in [-0.25, -0.2) is 4.39 Å². The molecule has 0 fully saturated rings. The monoisotopic (exact) mass is 303 g/mol. The number of aryl methyl sites for hydroxylation is 1. The van der Waals surface area contributed by atoms with Crippen molar-refractivity contribution >= 4 is 0 Å². The standard InChI is InChI=1S/C18H22FNO2/c1-13-10-15(19)8-9-16(13)18(21)11-20-17(12-22-2)14-6-4-3-5-7-14/h3-10,17-18,20-21H,11-12H2,1-2H3. The third-order valence-electron chi connectivity index (χ3n) is 3.68. The van der Waals surface area contributed by atoms with Gasteiger partial charge in [0.25, 0.3) is 0 Å². The largest absolute Gasteiger partial charge is 0.387 e. The van der Waals surface area contributed by atoms with E-state index in [-0.39, 0.29) is 11.9 Å². The van der Waals surface area contributed by atoms with Crippen molar-refractivity contribution < 1.29 is 14.2 Å². The highest BCUT2D eigenvalue weighted by Gasteiger charge is 2.15. The number of aliphatic hydroxyl groups excluding tert-OH is 1. The molecule has 0 bridgehead atoms. The van der Waals surface area contributed by atoms with Gasteiger partial charge in [-0.2, -0.15) is 0 Å². The number of halogens is 1. The molecule has 0 aromatic heterocycles. The van der Waals surface area contributed by atoms with Gasteiger partial charge in [-0.15, -0.1) is 0 Å². The summed E-state index contributed by atoms with van der Waals surface area (Å²) in [7, 11) is 1.65.